The van der Waals surface area contributed by atoms with Crippen molar-refractivity contribution in [3.63, 3.8) is 0 Å². The van der Waals surface area contributed by atoms with Crippen LogP contribution in [0.15, 0.2) is 30.3 Å². The summed E-state index contributed by atoms with van der Waals surface area (Å²) in [5, 5.41) is 0. The van der Waals surface area contributed by atoms with Gasteiger partial charge in [-0.3, -0.25) is 4.79 Å². The van der Waals surface area contributed by atoms with Crippen LogP contribution in [0.4, 0.5) is 13.2 Å². The highest BCUT2D eigenvalue weighted by atomic mass is 19.2. The van der Waals surface area contributed by atoms with Crippen molar-refractivity contribution >= 4 is 5.78 Å². The van der Waals surface area contributed by atoms with E-state index in [2.05, 4.69) is 0 Å². The van der Waals surface area contributed by atoms with E-state index in [0.29, 0.717) is 30.8 Å². The number of ketones is 1. The number of carbonyl (C=O) groups is 1. The molecule has 6 heteroatoms. The van der Waals surface area contributed by atoms with Crippen LogP contribution in [0.2, 0.25) is 0 Å². The predicted octanol–water partition coefficient (Wildman–Crippen LogP) is 3.11. The molecule has 3 nitrogen and oxygen atoms in total. The van der Waals surface area contributed by atoms with Crippen molar-refractivity contribution in [1.82, 2.24) is 0 Å². The zero-order valence-corrected chi connectivity index (χ0v) is 10.7. The second kappa shape index (κ2) is 5.12. The minimum absolute atomic E-state index is 0.101. The molecule has 0 bridgehead atoms. The van der Waals surface area contributed by atoms with Gasteiger partial charge in [-0.1, -0.05) is 0 Å². The number of carbonyl (C=O) groups excluding carboxylic acids is 1. The third-order valence-corrected chi connectivity index (χ3v) is 3.08. The van der Waals surface area contributed by atoms with Gasteiger partial charge in [0.2, 0.25) is 0 Å². The number of hydrogen-bond donors (Lipinski definition) is 0. The van der Waals surface area contributed by atoms with Gasteiger partial charge in [-0.25, -0.2) is 13.2 Å². The second-order valence-electron chi connectivity index (χ2n) is 4.41. The van der Waals surface area contributed by atoms with Crippen LogP contribution in [0, 0.1) is 17.5 Å². The summed E-state index contributed by atoms with van der Waals surface area (Å²) in [5.41, 5.74) is -0.435. The molecular formula is C15H9F3O3. The highest BCUT2D eigenvalue weighted by molar-refractivity contribution is 6.09. The molecule has 21 heavy (non-hydrogen) atoms. The Kier molecular flexibility index (Phi) is 3.29. The average Bonchev–Trinajstić information content (AvgIpc) is 2.52. The summed E-state index contributed by atoms with van der Waals surface area (Å²) in [7, 11) is 0. The van der Waals surface area contributed by atoms with Crippen LogP contribution in [-0.2, 0) is 0 Å². The van der Waals surface area contributed by atoms with E-state index >= 15 is 0 Å². The van der Waals surface area contributed by atoms with E-state index in [1.807, 2.05) is 0 Å². The van der Waals surface area contributed by atoms with E-state index in [1.165, 1.54) is 18.2 Å². The molecule has 0 aromatic heterocycles. The molecule has 0 atom stereocenters. The van der Waals surface area contributed by atoms with E-state index in [-0.39, 0.29) is 5.56 Å². The summed E-state index contributed by atoms with van der Waals surface area (Å²) in [6.45, 7) is 0.738. The van der Waals surface area contributed by atoms with Gasteiger partial charge in [-0.05, 0) is 30.3 Å². The zero-order chi connectivity index (χ0) is 15.0. The molecule has 0 aliphatic carbocycles. The van der Waals surface area contributed by atoms with Crippen molar-refractivity contribution in [3.8, 4) is 11.5 Å². The molecule has 3 rings (SSSR count). The summed E-state index contributed by atoms with van der Waals surface area (Å²) < 4.78 is 50.3. The summed E-state index contributed by atoms with van der Waals surface area (Å²) in [5.74, 6) is -4.44. The first kappa shape index (κ1) is 13.5. The molecule has 0 saturated heterocycles. The molecule has 0 amide bonds. The van der Waals surface area contributed by atoms with Crippen molar-refractivity contribution in [3.05, 3.63) is 58.9 Å². The Morgan fingerprint density at radius 2 is 1.62 bits per heavy atom. The van der Waals surface area contributed by atoms with Gasteiger partial charge in [0.15, 0.2) is 34.7 Å². The number of fused-ring (bicyclic) bond motifs is 1. The third-order valence-electron chi connectivity index (χ3n) is 3.08. The average molecular weight is 294 g/mol. The maximum Gasteiger partial charge on any atom is 0.196 e. The van der Waals surface area contributed by atoms with E-state index in [4.69, 9.17) is 9.47 Å². The van der Waals surface area contributed by atoms with Crippen molar-refractivity contribution in [2.24, 2.45) is 0 Å². The van der Waals surface area contributed by atoms with Crippen molar-refractivity contribution < 1.29 is 27.4 Å². The van der Waals surface area contributed by atoms with Gasteiger partial charge in [0.05, 0.1) is 5.56 Å². The molecule has 0 unspecified atom stereocenters. The lowest BCUT2D eigenvalue weighted by molar-refractivity contribution is 0.103. The number of rotatable bonds is 2. The third kappa shape index (κ3) is 2.33. The SMILES string of the molecule is O=C(c1ccc2c(c1)OCCO2)c1ccc(F)c(F)c1F. The molecule has 2 aromatic carbocycles. The molecule has 2 aromatic rings. The quantitative estimate of drug-likeness (QED) is 0.630. The fraction of sp³-hybridized carbons (Fsp3) is 0.133. The lowest BCUT2D eigenvalue weighted by atomic mass is 10.0. The number of benzene rings is 2. The van der Waals surface area contributed by atoms with Gasteiger partial charge in [-0.2, -0.15) is 0 Å². The summed E-state index contributed by atoms with van der Waals surface area (Å²) in [4.78, 5) is 12.2. The molecule has 0 fully saturated rings. The standard InChI is InChI=1S/C15H9F3O3/c16-10-3-2-9(13(17)14(10)18)15(19)8-1-4-11-12(7-8)21-6-5-20-11/h1-4,7H,5-6H2. The first-order valence-corrected chi connectivity index (χ1v) is 6.16. The summed E-state index contributed by atoms with van der Waals surface area (Å²) in [6.07, 6.45) is 0. The fourth-order valence-corrected chi connectivity index (χ4v) is 2.04. The van der Waals surface area contributed by atoms with Gasteiger partial charge < -0.3 is 9.47 Å². The highest BCUT2D eigenvalue weighted by Crippen LogP contribution is 2.31. The maximum absolute atomic E-state index is 13.6. The molecule has 0 radical (unpaired) electrons. The minimum Gasteiger partial charge on any atom is -0.486 e. The zero-order valence-electron chi connectivity index (χ0n) is 10.7. The van der Waals surface area contributed by atoms with E-state index in [1.54, 1.807) is 0 Å². The van der Waals surface area contributed by atoms with Crippen LogP contribution in [0.25, 0.3) is 0 Å². The van der Waals surface area contributed by atoms with Crippen LogP contribution in [0.1, 0.15) is 15.9 Å². The maximum atomic E-state index is 13.6. The van der Waals surface area contributed by atoms with Crippen LogP contribution in [0.5, 0.6) is 11.5 Å². The van der Waals surface area contributed by atoms with Crippen LogP contribution >= 0.6 is 0 Å². The lowest BCUT2D eigenvalue weighted by Crippen LogP contribution is -2.16. The first-order valence-electron chi connectivity index (χ1n) is 6.16. The normalized spacial score (nSPS) is 13.1. The van der Waals surface area contributed by atoms with E-state index in [0.717, 1.165) is 6.07 Å². The van der Waals surface area contributed by atoms with Crippen LogP contribution in [-0.4, -0.2) is 19.0 Å². The molecule has 1 aliphatic rings. The monoisotopic (exact) mass is 294 g/mol. The Bertz CT molecular complexity index is 728. The lowest BCUT2D eigenvalue weighted by Gasteiger charge is -2.18. The smallest absolute Gasteiger partial charge is 0.196 e. The largest absolute Gasteiger partial charge is 0.486 e. The van der Waals surface area contributed by atoms with Gasteiger partial charge in [0, 0.05) is 5.56 Å². The Labute approximate surface area is 117 Å². The molecule has 0 spiro atoms. The Hall–Kier alpha value is -2.50. The number of hydrogen-bond acceptors (Lipinski definition) is 3. The van der Waals surface area contributed by atoms with Crippen LogP contribution in [0.3, 0.4) is 0 Å². The Morgan fingerprint density at radius 3 is 2.38 bits per heavy atom. The molecule has 1 aliphatic heterocycles. The molecule has 1 heterocycles. The van der Waals surface area contributed by atoms with Gasteiger partial charge >= 0.3 is 0 Å². The number of ether oxygens (including phenoxy) is 2. The van der Waals surface area contributed by atoms with Gasteiger partial charge in [0.25, 0.3) is 0 Å². The Morgan fingerprint density at radius 1 is 0.905 bits per heavy atom. The highest BCUT2D eigenvalue weighted by Gasteiger charge is 2.21. The first-order chi connectivity index (χ1) is 10.1. The Balaban J connectivity index is 2.01. The molecular weight excluding hydrogens is 285 g/mol. The molecule has 0 N–H and O–H groups in total. The van der Waals surface area contributed by atoms with E-state index in [9.17, 15) is 18.0 Å². The molecule has 108 valence electrons. The predicted molar refractivity (Wildman–Crippen MR) is 67.2 cm³/mol. The van der Waals surface area contributed by atoms with Gasteiger partial charge in [0.1, 0.15) is 13.2 Å². The second-order valence-corrected chi connectivity index (χ2v) is 4.41. The van der Waals surface area contributed by atoms with Crippen molar-refractivity contribution in [2.75, 3.05) is 13.2 Å². The topological polar surface area (TPSA) is 35.5 Å². The van der Waals surface area contributed by atoms with Crippen molar-refractivity contribution in [2.45, 2.75) is 0 Å². The molecule has 0 saturated carbocycles. The van der Waals surface area contributed by atoms with Crippen molar-refractivity contribution in [1.29, 1.82) is 0 Å². The number of halogens is 3. The van der Waals surface area contributed by atoms with Gasteiger partial charge in [-0.15, -0.1) is 0 Å². The minimum atomic E-state index is -1.67. The summed E-state index contributed by atoms with van der Waals surface area (Å²) >= 11 is 0. The van der Waals surface area contributed by atoms with Crippen LogP contribution < -0.4 is 9.47 Å². The summed E-state index contributed by atoms with van der Waals surface area (Å²) in [6, 6.07) is 5.93. The fourth-order valence-electron chi connectivity index (χ4n) is 2.04. The van der Waals surface area contributed by atoms with E-state index < -0.39 is 28.8 Å².